The number of nitrogen functional groups attached to an aromatic ring is 1. The highest BCUT2D eigenvalue weighted by Gasteiger charge is 2.21. The van der Waals surface area contributed by atoms with Gasteiger partial charge in [0.15, 0.2) is 0 Å². The molecule has 0 unspecified atom stereocenters. The van der Waals surface area contributed by atoms with Gasteiger partial charge in [-0.25, -0.2) is 0 Å². The van der Waals surface area contributed by atoms with Crippen LogP contribution in [0.4, 0.5) is 10.7 Å². The lowest BCUT2D eigenvalue weighted by Crippen LogP contribution is -2.23. The zero-order valence-electron chi connectivity index (χ0n) is 11.4. The average molecular weight is 287 g/mol. The fourth-order valence-corrected chi connectivity index (χ4v) is 3.65. The van der Waals surface area contributed by atoms with E-state index in [2.05, 4.69) is 17.1 Å². The molecule has 18 heavy (non-hydrogen) atoms. The molecule has 1 aromatic rings. The normalized spacial score (nSPS) is 10.4. The zero-order valence-corrected chi connectivity index (χ0v) is 13.0. The summed E-state index contributed by atoms with van der Waals surface area (Å²) in [5, 5.41) is 3.95. The van der Waals surface area contributed by atoms with Crippen LogP contribution >= 0.6 is 23.1 Å². The van der Waals surface area contributed by atoms with Crippen LogP contribution in [0.2, 0.25) is 0 Å². The Morgan fingerprint density at radius 2 is 2.17 bits per heavy atom. The molecule has 1 amide bonds. The molecule has 0 atom stereocenters. The van der Waals surface area contributed by atoms with E-state index in [1.807, 2.05) is 20.2 Å². The number of carbonyl (C=O) groups excluding carboxylic acids is 1. The molecule has 0 spiro atoms. The number of anilines is 2. The van der Waals surface area contributed by atoms with Gasteiger partial charge in [-0.1, -0.05) is 6.92 Å². The third-order valence-corrected chi connectivity index (χ3v) is 4.92. The summed E-state index contributed by atoms with van der Waals surface area (Å²) in [6, 6.07) is 0. The SMILES string of the molecule is CCCNC(=O)c1sc(N(C)CC)c(SC)c1N. The van der Waals surface area contributed by atoms with Gasteiger partial charge in [0.25, 0.3) is 5.91 Å². The van der Waals surface area contributed by atoms with E-state index in [1.54, 1.807) is 11.8 Å². The van der Waals surface area contributed by atoms with Gasteiger partial charge >= 0.3 is 0 Å². The van der Waals surface area contributed by atoms with Gasteiger partial charge in [-0.3, -0.25) is 4.79 Å². The van der Waals surface area contributed by atoms with Gasteiger partial charge in [0, 0.05) is 20.1 Å². The summed E-state index contributed by atoms with van der Waals surface area (Å²) in [6.07, 6.45) is 2.91. The van der Waals surface area contributed by atoms with E-state index in [0.29, 0.717) is 17.1 Å². The summed E-state index contributed by atoms with van der Waals surface area (Å²) in [5.74, 6) is -0.0644. The third-order valence-electron chi connectivity index (χ3n) is 2.65. The summed E-state index contributed by atoms with van der Waals surface area (Å²) < 4.78 is 0. The van der Waals surface area contributed by atoms with Gasteiger partial charge in [-0.15, -0.1) is 23.1 Å². The van der Waals surface area contributed by atoms with Gasteiger partial charge < -0.3 is 16.0 Å². The monoisotopic (exact) mass is 287 g/mol. The minimum absolute atomic E-state index is 0.0644. The second-order valence-electron chi connectivity index (χ2n) is 3.95. The Hall–Kier alpha value is -0.880. The number of rotatable bonds is 6. The van der Waals surface area contributed by atoms with Crippen LogP contribution in [0.3, 0.4) is 0 Å². The molecular formula is C12H21N3OS2. The van der Waals surface area contributed by atoms with Gasteiger partial charge in [0.2, 0.25) is 0 Å². The Balaban J connectivity index is 3.07. The molecule has 1 heterocycles. The molecule has 0 saturated heterocycles. The summed E-state index contributed by atoms with van der Waals surface area (Å²) in [5.41, 5.74) is 6.69. The van der Waals surface area contributed by atoms with E-state index in [4.69, 9.17) is 5.73 Å². The number of thioether (sulfide) groups is 1. The molecule has 102 valence electrons. The highest BCUT2D eigenvalue weighted by Crippen LogP contribution is 2.43. The average Bonchev–Trinajstić information content (AvgIpc) is 2.72. The predicted octanol–water partition coefficient (Wildman–Crippen LogP) is 2.65. The van der Waals surface area contributed by atoms with Gasteiger partial charge in [-0.05, 0) is 19.6 Å². The van der Waals surface area contributed by atoms with Crippen molar-refractivity contribution in [3.8, 4) is 0 Å². The summed E-state index contributed by atoms with van der Waals surface area (Å²) >= 11 is 3.06. The van der Waals surface area contributed by atoms with E-state index >= 15 is 0 Å². The minimum Gasteiger partial charge on any atom is -0.396 e. The molecular weight excluding hydrogens is 266 g/mol. The molecule has 0 aliphatic rings. The number of hydrogen-bond donors (Lipinski definition) is 2. The first-order chi connectivity index (χ1) is 8.56. The molecule has 0 fully saturated rings. The van der Waals surface area contributed by atoms with Gasteiger partial charge in [0.1, 0.15) is 9.88 Å². The maximum absolute atomic E-state index is 12.0. The first-order valence-electron chi connectivity index (χ1n) is 6.02. The summed E-state index contributed by atoms with van der Waals surface area (Å²) in [4.78, 5) is 15.8. The summed E-state index contributed by atoms with van der Waals surface area (Å²) in [6.45, 7) is 5.69. The standard InChI is InChI=1S/C12H21N3OS2/c1-5-7-14-11(16)9-8(13)10(17-4)12(18-9)15(3)6-2/h5-7,13H2,1-4H3,(H,14,16). The molecule has 0 saturated carbocycles. The van der Waals surface area contributed by atoms with Crippen molar-refractivity contribution in [2.75, 3.05) is 37.0 Å². The Labute approximate surface area is 117 Å². The highest BCUT2D eigenvalue weighted by molar-refractivity contribution is 7.99. The lowest BCUT2D eigenvalue weighted by Gasteiger charge is -2.15. The molecule has 3 N–H and O–H groups in total. The highest BCUT2D eigenvalue weighted by atomic mass is 32.2. The van der Waals surface area contributed by atoms with Crippen LogP contribution in [-0.2, 0) is 0 Å². The molecule has 0 aromatic carbocycles. The van der Waals surface area contributed by atoms with Crippen LogP contribution in [0.1, 0.15) is 29.9 Å². The molecule has 6 heteroatoms. The number of hydrogen-bond acceptors (Lipinski definition) is 5. The predicted molar refractivity (Wildman–Crippen MR) is 82.1 cm³/mol. The number of nitrogens with two attached hydrogens (primary N) is 1. The fraction of sp³-hybridized carbons (Fsp3) is 0.583. The van der Waals surface area contributed by atoms with Crippen molar-refractivity contribution in [1.82, 2.24) is 5.32 Å². The lowest BCUT2D eigenvalue weighted by atomic mass is 10.3. The maximum atomic E-state index is 12.0. The van der Waals surface area contributed by atoms with E-state index < -0.39 is 0 Å². The van der Waals surface area contributed by atoms with Crippen molar-refractivity contribution in [2.24, 2.45) is 0 Å². The second kappa shape index (κ2) is 6.89. The molecule has 0 aliphatic heterocycles. The van der Waals surface area contributed by atoms with Crippen LogP contribution in [0, 0.1) is 0 Å². The van der Waals surface area contributed by atoms with Crippen LogP contribution in [0.5, 0.6) is 0 Å². The molecule has 4 nitrogen and oxygen atoms in total. The first kappa shape index (κ1) is 15.2. The first-order valence-corrected chi connectivity index (χ1v) is 8.06. The molecule has 0 aliphatic carbocycles. The number of carbonyl (C=O) groups is 1. The van der Waals surface area contributed by atoms with Crippen molar-refractivity contribution in [1.29, 1.82) is 0 Å². The summed E-state index contributed by atoms with van der Waals surface area (Å²) in [7, 11) is 2.01. The Morgan fingerprint density at radius 1 is 1.50 bits per heavy atom. The Kier molecular flexibility index (Phi) is 5.81. The molecule has 0 radical (unpaired) electrons. The van der Waals surface area contributed by atoms with Crippen LogP contribution < -0.4 is 16.0 Å². The Bertz CT molecular complexity index is 418. The maximum Gasteiger partial charge on any atom is 0.263 e. The van der Waals surface area contributed by atoms with E-state index in [0.717, 1.165) is 22.9 Å². The van der Waals surface area contributed by atoms with Crippen molar-refractivity contribution in [3.05, 3.63) is 4.88 Å². The van der Waals surface area contributed by atoms with Crippen molar-refractivity contribution in [3.63, 3.8) is 0 Å². The molecule has 1 aromatic heterocycles. The van der Waals surface area contributed by atoms with Crippen molar-refractivity contribution < 1.29 is 4.79 Å². The molecule has 0 bridgehead atoms. The van der Waals surface area contributed by atoms with E-state index in [1.165, 1.54) is 11.3 Å². The Morgan fingerprint density at radius 3 is 2.67 bits per heavy atom. The molecule has 1 rings (SSSR count). The number of nitrogens with one attached hydrogen (secondary N) is 1. The van der Waals surface area contributed by atoms with E-state index in [-0.39, 0.29) is 5.91 Å². The second-order valence-corrected chi connectivity index (χ2v) is 5.77. The quantitative estimate of drug-likeness (QED) is 0.790. The van der Waals surface area contributed by atoms with Crippen molar-refractivity contribution in [2.45, 2.75) is 25.2 Å². The topological polar surface area (TPSA) is 58.4 Å². The largest absolute Gasteiger partial charge is 0.396 e. The number of amides is 1. The number of nitrogens with zero attached hydrogens (tertiary/aromatic N) is 1. The van der Waals surface area contributed by atoms with Gasteiger partial charge in [0.05, 0.1) is 10.6 Å². The number of thiophene rings is 1. The van der Waals surface area contributed by atoms with Crippen LogP contribution in [0.15, 0.2) is 4.90 Å². The fourth-order valence-electron chi connectivity index (χ4n) is 1.50. The van der Waals surface area contributed by atoms with Crippen LogP contribution in [0.25, 0.3) is 0 Å². The lowest BCUT2D eigenvalue weighted by molar-refractivity contribution is 0.0958. The third kappa shape index (κ3) is 3.11. The van der Waals surface area contributed by atoms with Crippen LogP contribution in [-0.4, -0.2) is 32.3 Å². The van der Waals surface area contributed by atoms with Crippen molar-refractivity contribution >= 4 is 39.7 Å². The van der Waals surface area contributed by atoms with Gasteiger partial charge in [-0.2, -0.15) is 0 Å². The minimum atomic E-state index is -0.0644. The van der Waals surface area contributed by atoms with E-state index in [9.17, 15) is 4.79 Å². The zero-order chi connectivity index (χ0) is 13.7. The smallest absolute Gasteiger partial charge is 0.263 e.